The molecule has 0 saturated carbocycles. The largest absolute Gasteiger partial charge is 0.463 e. The van der Waals surface area contributed by atoms with E-state index >= 15 is 0 Å². The summed E-state index contributed by atoms with van der Waals surface area (Å²) in [5, 5.41) is 0. The molecule has 5 nitrogen and oxygen atoms in total. The number of esters is 1. The first-order chi connectivity index (χ1) is 9.96. The van der Waals surface area contributed by atoms with Crippen LogP contribution >= 0.6 is 0 Å². The highest BCUT2D eigenvalue weighted by Gasteiger charge is 2.11. The van der Waals surface area contributed by atoms with Gasteiger partial charge in [0.05, 0.1) is 12.4 Å². The van der Waals surface area contributed by atoms with Crippen LogP contribution in [0.3, 0.4) is 0 Å². The minimum atomic E-state index is -3.53. The average molecular weight is 312 g/mol. The molecule has 21 heavy (non-hydrogen) atoms. The molecule has 0 aromatic heterocycles. The molecule has 0 aliphatic rings. The van der Waals surface area contributed by atoms with E-state index in [9.17, 15) is 13.2 Å². The number of carbonyl (C=O) groups is 1. The highest BCUT2D eigenvalue weighted by atomic mass is 32.2. The van der Waals surface area contributed by atoms with Crippen LogP contribution in [0.5, 0.6) is 5.75 Å². The number of hydrogen-bond acceptors (Lipinski definition) is 5. The van der Waals surface area contributed by atoms with Crippen LogP contribution in [-0.2, 0) is 19.6 Å². The summed E-state index contributed by atoms with van der Waals surface area (Å²) in [6.07, 6.45) is 4.27. The standard InChI is InChI=1S/C15H20O5S/c1-3-5-12-21(17,18)20-14-9-6-13(7-10-14)8-11-15(16)19-4-2/h6-11H,3-5,12H2,1-2H3. The van der Waals surface area contributed by atoms with E-state index in [0.29, 0.717) is 13.0 Å². The summed E-state index contributed by atoms with van der Waals surface area (Å²) in [4.78, 5) is 11.2. The van der Waals surface area contributed by atoms with Crippen LogP contribution in [-0.4, -0.2) is 26.7 Å². The first kappa shape index (κ1) is 17.2. The minimum Gasteiger partial charge on any atom is -0.463 e. The van der Waals surface area contributed by atoms with Crippen LogP contribution in [0.4, 0.5) is 0 Å². The Hall–Kier alpha value is -1.82. The van der Waals surface area contributed by atoms with Gasteiger partial charge in [-0.3, -0.25) is 0 Å². The van der Waals surface area contributed by atoms with Gasteiger partial charge in [-0.2, -0.15) is 8.42 Å². The topological polar surface area (TPSA) is 69.7 Å². The Balaban J connectivity index is 2.64. The Labute approximate surface area is 125 Å². The van der Waals surface area contributed by atoms with Gasteiger partial charge < -0.3 is 8.92 Å². The van der Waals surface area contributed by atoms with Crippen molar-refractivity contribution in [3.63, 3.8) is 0 Å². The van der Waals surface area contributed by atoms with Crippen molar-refractivity contribution in [3.8, 4) is 5.75 Å². The van der Waals surface area contributed by atoms with Crippen LogP contribution in [0.2, 0.25) is 0 Å². The maximum Gasteiger partial charge on any atom is 0.330 e. The quantitative estimate of drug-likeness (QED) is 0.419. The Morgan fingerprint density at radius 1 is 1.19 bits per heavy atom. The normalized spacial score (nSPS) is 11.5. The number of benzene rings is 1. The fourth-order valence-corrected chi connectivity index (χ4v) is 2.63. The smallest absolute Gasteiger partial charge is 0.330 e. The van der Waals surface area contributed by atoms with Crippen molar-refractivity contribution < 1.29 is 22.1 Å². The van der Waals surface area contributed by atoms with E-state index in [1.807, 2.05) is 6.92 Å². The van der Waals surface area contributed by atoms with E-state index in [1.165, 1.54) is 6.08 Å². The van der Waals surface area contributed by atoms with Crippen molar-refractivity contribution in [2.75, 3.05) is 12.4 Å². The number of rotatable bonds is 8. The molecular weight excluding hydrogens is 292 g/mol. The van der Waals surface area contributed by atoms with Gasteiger partial charge in [0.15, 0.2) is 0 Å². The van der Waals surface area contributed by atoms with E-state index in [-0.39, 0.29) is 11.5 Å². The number of unbranched alkanes of at least 4 members (excludes halogenated alkanes) is 1. The summed E-state index contributed by atoms with van der Waals surface area (Å²) >= 11 is 0. The van der Waals surface area contributed by atoms with Gasteiger partial charge in [0.25, 0.3) is 0 Å². The van der Waals surface area contributed by atoms with E-state index in [0.717, 1.165) is 12.0 Å². The molecule has 0 unspecified atom stereocenters. The van der Waals surface area contributed by atoms with E-state index in [1.54, 1.807) is 37.3 Å². The second kappa shape index (κ2) is 8.46. The first-order valence-electron chi connectivity index (χ1n) is 6.84. The molecule has 0 bridgehead atoms. The monoisotopic (exact) mass is 312 g/mol. The minimum absolute atomic E-state index is 0.00795. The highest BCUT2D eigenvalue weighted by Crippen LogP contribution is 2.16. The molecule has 116 valence electrons. The molecule has 1 rings (SSSR count). The fraction of sp³-hybridized carbons (Fsp3) is 0.400. The Morgan fingerprint density at radius 3 is 2.43 bits per heavy atom. The van der Waals surface area contributed by atoms with Gasteiger partial charge in [-0.1, -0.05) is 25.5 Å². The zero-order valence-corrected chi connectivity index (χ0v) is 13.1. The Kier molecular flexibility index (Phi) is 6.94. The molecule has 0 aliphatic heterocycles. The molecule has 0 aliphatic carbocycles. The van der Waals surface area contributed by atoms with E-state index < -0.39 is 16.1 Å². The van der Waals surface area contributed by atoms with Crippen molar-refractivity contribution in [2.45, 2.75) is 26.7 Å². The Morgan fingerprint density at radius 2 is 1.86 bits per heavy atom. The van der Waals surface area contributed by atoms with Crippen molar-refractivity contribution in [1.29, 1.82) is 0 Å². The third kappa shape index (κ3) is 6.94. The van der Waals surface area contributed by atoms with Gasteiger partial charge in [0, 0.05) is 6.08 Å². The Bertz CT molecular complexity index is 573. The summed E-state index contributed by atoms with van der Waals surface area (Å²) in [7, 11) is -3.53. The predicted octanol–water partition coefficient (Wildman–Crippen LogP) is 2.77. The third-order valence-electron chi connectivity index (χ3n) is 2.55. The van der Waals surface area contributed by atoms with Gasteiger partial charge in [-0.25, -0.2) is 4.79 Å². The van der Waals surface area contributed by atoms with Gasteiger partial charge >= 0.3 is 16.1 Å². The van der Waals surface area contributed by atoms with Gasteiger partial charge in [0.2, 0.25) is 0 Å². The molecule has 0 heterocycles. The van der Waals surface area contributed by atoms with Crippen LogP contribution in [0.25, 0.3) is 6.08 Å². The molecule has 0 spiro atoms. The number of hydrogen-bond donors (Lipinski definition) is 0. The third-order valence-corrected chi connectivity index (χ3v) is 3.78. The lowest BCUT2D eigenvalue weighted by atomic mass is 10.2. The zero-order valence-electron chi connectivity index (χ0n) is 12.2. The molecule has 0 fully saturated rings. The first-order valence-corrected chi connectivity index (χ1v) is 8.41. The molecule has 0 N–H and O–H groups in total. The second-order valence-corrected chi connectivity index (χ2v) is 6.04. The molecule has 0 radical (unpaired) electrons. The summed E-state index contributed by atoms with van der Waals surface area (Å²) in [5.41, 5.74) is 0.751. The van der Waals surface area contributed by atoms with Crippen LogP contribution in [0, 0.1) is 0 Å². The fourth-order valence-electron chi connectivity index (χ4n) is 1.50. The molecular formula is C15H20O5S. The summed E-state index contributed by atoms with van der Waals surface area (Å²) < 4.78 is 33.0. The van der Waals surface area contributed by atoms with Gasteiger partial charge in [-0.15, -0.1) is 0 Å². The number of carbonyl (C=O) groups excluding carboxylic acids is 1. The van der Waals surface area contributed by atoms with Gasteiger partial charge in [-0.05, 0) is 37.1 Å². The highest BCUT2D eigenvalue weighted by molar-refractivity contribution is 7.87. The van der Waals surface area contributed by atoms with Crippen LogP contribution in [0.15, 0.2) is 30.3 Å². The van der Waals surface area contributed by atoms with E-state index in [2.05, 4.69) is 0 Å². The average Bonchev–Trinajstić information content (AvgIpc) is 2.44. The van der Waals surface area contributed by atoms with E-state index in [4.69, 9.17) is 8.92 Å². The maximum absolute atomic E-state index is 11.6. The van der Waals surface area contributed by atoms with Crippen molar-refractivity contribution in [3.05, 3.63) is 35.9 Å². The lowest BCUT2D eigenvalue weighted by Gasteiger charge is -2.06. The van der Waals surface area contributed by atoms with Crippen molar-refractivity contribution in [1.82, 2.24) is 0 Å². The summed E-state index contributed by atoms with van der Waals surface area (Å²) in [5.74, 6) is -0.145. The molecule has 1 aromatic rings. The number of ether oxygens (including phenoxy) is 1. The van der Waals surface area contributed by atoms with Crippen molar-refractivity contribution >= 4 is 22.2 Å². The second-order valence-electron chi connectivity index (χ2n) is 4.35. The molecule has 0 saturated heterocycles. The molecule has 0 atom stereocenters. The SMILES string of the molecule is CCCCS(=O)(=O)Oc1ccc(C=CC(=O)OCC)cc1. The van der Waals surface area contributed by atoms with Crippen LogP contribution < -0.4 is 4.18 Å². The summed E-state index contributed by atoms with van der Waals surface area (Å²) in [6.45, 7) is 3.97. The molecule has 6 heteroatoms. The molecule has 1 aromatic carbocycles. The molecule has 0 amide bonds. The zero-order chi connectivity index (χ0) is 15.7. The maximum atomic E-state index is 11.6. The lowest BCUT2D eigenvalue weighted by Crippen LogP contribution is -2.13. The summed E-state index contributed by atoms with van der Waals surface area (Å²) in [6, 6.07) is 6.43. The lowest BCUT2D eigenvalue weighted by molar-refractivity contribution is -0.137. The van der Waals surface area contributed by atoms with Gasteiger partial charge in [0.1, 0.15) is 5.75 Å². The predicted molar refractivity (Wildman–Crippen MR) is 81.4 cm³/mol. The van der Waals surface area contributed by atoms with Crippen LogP contribution in [0.1, 0.15) is 32.3 Å². The van der Waals surface area contributed by atoms with Crippen molar-refractivity contribution in [2.24, 2.45) is 0 Å².